The first-order chi connectivity index (χ1) is 9.67. The van der Waals surface area contributed by atoms with Gasteiger partial charge in [0.1, 0.15) is 0 Å². The monoisotopic (exact) mass is 275 g/mol. The summed E-state index contributed by atoms with van der Waals surface area (Å²) in [5, 5.41) is 3.99. The molecule has 110 valence electrons. The molecule has 0 amide bonds. The number of hydrogen-bond acceptors (Lipinski definition) is 4. The Morgan fingerprint density at radius 3 is 2.30 bits per heavy atom. The lowest BCUT2D eigenvalue weighted by Crippen LogP contribution is -2.55. The summed E-state index contributed by atoms with van der Waals surface area (Å²) in [5.74, 6) is 4.38. The summed E-state index contributed by atoms with van der Waals surface area (Å²) in [5.41, 5.74) is 7.00. The van der Waals surface area contributed by atoms with Gasteiger partial charge in [0.05, 0.1) is 0 Å². The lowest BCUT2D eigenvalue weighted by atomic mass is 9.47. The van der Waals surface area contributed by atoms with Crippen LogP contribution in [0.15, 0.2) is 4.52 Å². The maximum Gasteiger partial charge on any atom is 0.228 e. The van der Waals surface area contributed by atoms with E-state index in [0.29, 0.717) is 5.41 Å². The average Bonchev–Trinajstić information content (AvgIpc) is 2.85. The van der Waals surface area contributed by atoms with E-state index in [-0.39, 0.29) is 6.04 Å². The van der Waals surface area contributed by atoms with E-state index in [1.54, 1.807) is 0 Å². The van der Waals surface area contributed by atoms with Crippen molar-refractivity contribution in [3.8, 4) is 0 Å². The highest BCUT2D eigenvalue weighted by atomic mass is 16.5. The van der Waals surface area contributed by atoms with Gasteiger partial charge < -0.3 is 10.3 Å². The van der Waals surface area contributed by atoms with Gasteiger partial charge in [-0.05, 0) is 61.7 Å². The first-order valence-corrected chi connectivity index (χ1v) is 8.24. The Kier molecular flexibility index (Phi) is 2.92. The zero-order chi connectivity index (χ0) is 13.7. The molecule has 4 bridgehead atoms. The minimum atomic E-state index is 0.195. The van der Waals surface area contributed by atoms with Gasteiger partial charge in [0, 0.05) is 18.9 Å². The highest BCUT2D eigenvalue weighted by molar-refractivity contribution is 5.07. The molecule has 4 heteroatoms. The van der Waals surface area contributed by atoms with Gasteiger partial charge in [-0.15, -0.1) is 0 Å². The van der Waals surface area contributed by atoms with Gasteiger partial charge in [-0.2, -0.15) is 4.98 Å². The van der Waals surface area contributed by atoms with E-state index in [1.807, 2.05) is 6.92 Å². The van der Waals surface area contributed by atoms with E-state index >= 15 is 0 Å². The molecule has 1 aromatic heterocycles. The zero-order valence-corrected chi connectivity index (χ0v) is 12.3. The second kappa shape index (κ2) is 4.55. The molecule has 2 N–H and O–H groups in total. The molecule has 1 atom stereocenters. The van der Waals surface area contributed by atoms with Crippen molar-refractivity contribution >= 4 is 0 Å². The lowest BCUT2D eigenvalue weighted by Gasteiger charge is -2.58. The summed E-state index contributed by atoms with van der Waals surface area (Å²) in [6.07, 6.45) is 10.0. The third-order valence-corrected chi connectivity index (χ3v) is 6.09. The van der Waals surface area contributed by atoms with Gasteiger partial charge in [0.2, 0.25) is 5.89 Å². The molecular formula is C16H25N3O. The lowest BCUT2D eigenvalue weighted by molar-refractivity contribution is -0.0677. The first-order valence-electron chi connectivity index (χ1n) is 8.24. The maximum atomic E-state index is 6.63. The Morgan fingerprint density at radius 2 is 1.80 bits per heavy atom. The molecule has 4 fully saturated rings. The molecule has 4 nitrogen and oxygen atoms in total. The predicted molar refractivity (Wildman–Crippen MR) is 76.0 cm³/mol. The smallest absolute Gasteiger partial charge is 0.228 e. The van der Waals surface area contributed by atoms with Crippen LogP contribution in [0.1, 0.15) is 57.2 Å². The number of nitrogens with zero attached hydrogens (tertiary/aromatic N) is 2. The molecule has 5 rings (SSSR count). The van der Waals surface area contributed by atoms with Crippen LogP contribution in [0.3, 0.4) is 0 Å². The third kappa shape index (κ3) is 2.00. The second-order valence-electron chi connectivity index (χ2n) is 7.55. The van der Waals surface area contributed by atoms with Crippen LogP contribution in [0.5, 0.6) is 0 Å². The highest BCUT2D eigenvalue weighted by Crippen LogP contribution is 2.61. The zero-order valence-electron chi connectivity index (χ0n) is 12.3. The highest BCUT2D eigenvalue weighted by Gasteiger charge is 2.53. The van der Waals surface area contributed by atoms with Crippen molar-refractivity contribution in [1.82, 2.24) is 10.1 Å². The molecule has 0 spiro atoms. The Morgan fingerprint density at radius 1 is 1.20 bits per heavy atom. The molecule has 1 heterocycles. The first kappa shape index (κ1) is 12.8. The summed E-state index contributed by atoms with van der Waals surface area (Å²) in [7, 11) is 0. The minimum Gasteiger partial charge on any atom is -0.339 e. The van der Waals surface area contributed by atoms with E-state index in [0.717, 1.165) is 42.3 Å². The van der Waals surface area contributed by atoms with Gasteiger partial charge in [-0.1, -0.05) is 12.1 Å². The van der Waals surface area contributed by atoms with Gasteiger partial charge in [0.15, 0.2) is 5.82 Å². The van der Waals surface area contributed by atoms with Crippen LogP contribution < -0.4 is 5.73 Å². The number of aromatic nitrogens is 2. The van der Waals surface area contributed by atoms with Crippen LogP contribution in [-0.2, 0) is 12.8 Å². The second-order valence-corrected chi connectivity index (χ2v) is 7.55. The summed E-state index contributed by atoms with van der Waals surface area (Å²) in [4.78, 5) is 4.44. The third-order valence-electron chi connectivity index (χ3n) is 6.09. The fourth-order valence-electron chi connectivity index (χ4n) is 5.55. The fourth-order valence-corrected chi connectivity index (χ4v) is 5.55. The quantitative estimate of drug-likeness (QED) is 0.917. The van der Waals surface area contributed by atoms with Crippen molar-refractivity contribution in [3.05, 3.63) is 11.7 Å². The molecule has 0 saturated heterocycles. The van der Waals surface area contributed by atoms with Crippen LogP contribution in [0.2, 0.25) is 0 Å². The van der Waals surface area contributed by atoms with Gasteiger partial charge in [0.25, 0.3) is 0 Å². The van der Waals surface area contributed by atoms with E-state index in [4.69, 9.17) is 10.3 Å². The van der Waals surface area contributed by atoms with E-state index in [9.17, 15) is 0 Å². The van der Waals surface area contributed by atoms with Crippen molar-refractivity contribution in [1.29, 1.82) is 0 Å². The Bertz CT molecular complexity index is 460. The maximum absolute atomic E-state index is 6.63. The largest absolute Gasteiger partial charge is 0.339 e. The molecule has 1 aromatic rings. The summed E-state index contributed by atoms with van der Waals surface area (Å²) in [6, 6.07) is 0.195. The molecule has 0 aromatic carbocycles. The van der Waals surface area contributed by atoms with Crippen LogP contribution in [0.4, 0.5) is 0 Å². The van der Waals surface area contributed by atoms with Crippen LogP contribution >= 0.6 is 0 Å². The van der Waals surface area contributed by atoms with Crippen molar-refractivity contribution in [3.63, 3.8) is 0 Å². The van der Waals surface area contributed by atoms with Crippen molar-refractivity contribution in [2.45, 2.75) is 64.3 Å². The summed E-state index contributed by atoms with van der Waals surface area (Å²) in [6.45, 7) is 2.05. The topological polar surface area (TPSA) is 64.9 Å². The minimum absolute atomic E-state index is 0.195. The van der Waals surface area contributed by atoms with Crippen molar-refractivity contribution in [2.24, 2.45) is 28.9 Å². The molecule has 0 radical (unpaired) electrons. The van der Waals surface area contributed by atoms with Crippen molar-refractivity contribution in [2.75, 3.05) is 0 Å². The molecule has 4 aliphatic carbocycles. The Labute approximate surface area is 120 Å². The fraction of sp³-hybridized carbons (Fsp3) is 0.875. The molecule has 4 aliphatic rings. The molecule has 1 unspecified atom stereocenters. The Balaban J connectivity index is 1.51. The molecular weight excluding hydrogens is 250 g/mol. The van der Waals surface area contributed by atoms with E-state index in [1.165, 1.54) is 38.5 Å². The van der Waals surface area contributed by atoms with Crippen LogP contribution in [0, 0.1) is 23.2 Å². The predicted octanol–water partition coefficient (Wildman–Crippen LogP) is 2.72. The van der Waals surface area contributed by atoms with E-state index in [2.05, 4.69) is 10.1 Å². The van der Waals surface area contributed by atoms with E-state index < -0.39 is 0 Å². The van der Waals surface area contributed by atoms with Gasteiger partial charge >= 0.3 is 0 Å². The normalized spacial score (nSPS) is 40.2. The van der Waals surface area contributed by atoms with Crippen LogP contribution in [0.25, 0.3) is 0 Å². The van der Waals surface area contributed by atoms with Crippen LogP contribution in [-0.4, -0.2) is 16.2 Å². The average molecular weight is 275 g/mol. The number of aryl methyl sites for hydroxylation is 1. The van der Waals surface area contributed by atoms with Crippen molar-refractivity contribution < 1.29 is 4.52 Å². The van der Waals surface area contributed by atoms with Gasteiger partial charge in [-0.3, -0.25) is 0 Å². The number of nitrogens with two attached hydrogens (primary N) is 1. The number of hydrogen-bond donors (Lipinski definition) is 1. The summed E-state index contributed by atoms with van der Waals surface area (Å²) < 4.78 is 5.35. The molecule has 4 saturated carbocycles. The molecule has 20 heavy (non-hydrogen) atoms. The number of rotatable bonds is 4. The molecule has 0 aliphatic heterocycles. The summed E-state index contributed by atoms with van der Waals surface area (Å²) >= 11 is 0. The van der Waals surface area contributed by atoms with Gasteiger partial charge in [-0.25, -0.2) is 0 Å². The standard InChI is InChI=1S/C16H25N3O/c1-2-14-18-15(20-19-14)6-13(17)16-7-10-3-11(8-16)5-12(4-10)9-16/h10-13H,2-9,17H2,1H3. The SMILES string of the molecule is CCc1noc(CC(N)C23CC4CC(CC(C4)C2)C3)n1. The Hall–Kier alpha value is -0.900.